The summed E-state index contributed by atoms with van der Waals surface area (Å²) in [7, 11) is 0. The summed E-state index contributed by atoms with van der Waals surface area (Å²) in [6.07, 6.45) is 7.72. The van der Waals surface area contributed by atoms with Gasteiger partial charge in [0.1, 0.15) is 0 Å². The van der Waals surface area contributed by atoms with Crippen molar-refractivity contribution >= 4 is 34.8 Å². The van der Waals surface area contributed by atoms with Gasteiger partial charge >= 0.3 is 0 Å². The van der Waals surface area contributed by atoms with Gasteiger partial charge in [0.25, 0.3) is 0 Å². The van der Waals surface area contributed by atoms with Crippen molar-refractivity contribution in [3.8, 4) is 18.1 Å². The van der Waals surface area contributed by atoms with Crippen molar-refractivity contribution in [3.05, 3.63) is 22.2 Å². The Morgan fingerprint density at radius 1 is 1.33 bits per heavy atom. The van der Waals surface area contributed by atoms with Gasteiger partial charge in [-0.2, -0.15) is 0 Å². The van der Waals surface area contributed by atoms with Crippen molar-refractivity contribution in [2.45, 2.75) is 25.7 Å². The molecule has 1 amide bonds. The molecule has 0 saturated heterocycles. The van der Waals surface area contributed by atoms with Crippen LogP contribution in [0.25, 0.3) is 0 Å². The normalized spacial score (nSPS) is 9.83. The van der Waals surface area contributed by atoms with Crippen molar-refractivity contribution in [1.29, 1.82) is 0 Å². The molecule has 0 bridgehead atoms. The molecule has 5 heteroatoms. The summed E-state index contributed by atoms with van der Waals surface area (Å²) in [4.78, 5) is 11.6. The molecule has 0 aliphatic heterocycles. The number of nitrogens with one attached hydrogen (secondary N) is 1. The Bertz CT molecular complexity index is 457. The number of terminal acetylenes is 1. The lowest BCUT2D eigenvalue weighted by molar-refractivity contribution is -0.116. The van der Waals surface area contributed by atoms with Crippen LogP contribution in [0.5, 0.6) is 5.75 Å². The fourth-order valence-electron chi connectivity index (χ4n) is 1.37. The lowest BCUT2D eigenvalue weighted by Gasteiger charge is -2.07. The molecule has 96 valence electrons. The highest BCUT2D eigenvalue weighted by Gasteiger charge is 2.08. The minimum atomic E-state index is -0.189. The van der Waals surface area contributed by atoms with Crippen LogP contribution in [0, 0.1) is 12.3 Å². The van der Waals surface area contributed by atoms with Crippen molar-refractivity contribution < 1.29 is 9.90 Å². The van der Waals surface area contributed by atoms with E-state index < -0.39 is 0 Å². The van der Waals surface area contributed by atoms with Crippen LogP contribution in [0.1, 0.15) is 25.7 Å². The smallest absolute Gasteiger partial charge is 0.224 e. The number of hydrogen-bond acceptors (Lipinski definition) is 2. The van der Waals surface area contributed by atoms with Gasteiger partial charge in [0.2, 0.25) is 5.91 Å². The first kappa shape index (κ1) is 14.7. The zero-order valence-corrected chi connectivity index (χ0v) is 11.2. The molecule has 0 aliphatic rings. The monoisotopic (exact) mass is 285 g/mol. The van der Waals surface area contributed by atoms with Crippen molar-refractivity contribution in [3.63, 3.8) is 0 Å². The number of hydrogen-bond donors (Lipinski definition) is 2. The second kappa shape index (κ2) is 7.15. The van der Waals surface area contributed by atoms with Crippen LogP contribution >= 0.6 is 23.2 Å². The third kappa shape index (κ3) is 4.48. The van der Waals surface area contributed by atoms with E-state index in [-0.39, 0.29) is 21.7 Å². The average molecular weight is 286 g/mol. The Balaban J connectivity index is 2.52. The summed E-state index contributed by atoms with van der Waals surface area (Å²) in [5.41, 5.74) is 0.463. The van der Waals surface area contributed by atoms with Crippen LogP contribution in [-0.2, 0) is 4.79 Å². The number of aromatic hydroxyl groups is 1. The fourth-order valence-corrected chi connectivity index (χ4v) is 1.86. The number of amides is 1. The van der Waals surface area contributed by atoms with Crippen LogP contribution in [0.2, 0.25) is 10.0 Å². The topological polar surface area (TPSA) is 49.3 Å². The quantitative estimate of drug-likeness (QED) is 0.491. The number of phenols is 1. The van der Waals surface area contributed by atoms with E-state index >= 15 is 0 Å². The number of unbranched alkanes of at least 4 members (excludes halogenated alkanes) is 2. The van der Waals surface area contributed by atoms with Gasteiger partial charge in [0, 0.05) is 18.5 Å². The van der Waals surface area contributed by atoms with Crippen LogP contribution in [0.15, 0.2) is 12.1 Å². The van der Waals surface area contributed by atoms with E-state index in [1.54, 1.807) is 0 Å². The SMILES string of the molecule is C#CCCCCC(=O)Nc1cc(Cl)c(O)c(Cl)c1. The Kier molecular flexibility index (Phi) is 5.84. The molecule has 0 radical (unpaired) electrons. The summed E-state index contributed by atoms with van der Waals surface area (Å²) in [5, 5.41) is 12.2. The fraction of sp³-hybridized carbons (Fsp3) is 0.308. The number of phenolic OH excluding ortho intramolecular Hbond substituents is 1. The zero-order valence-electron chi connectivity index (χ0n) is 9.67. The number of halogens is 2. The molecule has 1 aromatic rings. The van der Waals surface area contributed by atoms with Gasteiger partial charge in [-0.1, -0.05) is 23.2 Å². The third-order valence-electron chi connectivity index (χ3n) is 2.28. The number of carbonyl (C=O) groups is 1. The van der Waals surface area contributed by atoms with Crippen LogP contribution in [0.3, 0.4) is 0 Å². The molecule has 0 heterocycles. The summed E-state index contributed by atoms with van der Waals surface area (Å²) >= 11 is 11.5. The minimum absolute atomic E-state index is 0.102. The summed E-state index contributed by atoms with van der Waals surface area (Å²) < 4.78 is 0. The van der Waals surface area contributed by atoms with E-state index in [9.17, 15) is 9.90 Å². The van der Waals surface area contributed by atoms with Crippen molar-refractivity contribution in [2.75, 3.05) is 5.32 Å². The van der Waals surface area contributed by atoms with Gasteiger partial charge in [-0.3, -0.25) is 4.79 Å². The first-order valence-corrected chi connectivity index (χ1v) is 6.21. The number of rotatable bonds is 5. The van der Waals surface area contributed by atoms with E-state index in [0.29, 0.717) is 18.5 Å². The highest BCUT2D eigenvalue weighted by molar-refractivity contribution is 6.37. The van der Waals surface area contributed by atoms with Crippen LogP contribution < -0.4 is 5.32 Å². The number of anilines is 1. The summed E-state index contributed by atoms with van der Waals surface area (Å²) in [6.45, 7) is 0. The third-order valence-corrected chi connectivity index (χ3v) is 2.85. The molecule has 0 unspecified atom stereocenters. The lowest BCUT2D eigenvalue weighted by atomic mass is 10.2. The summed E-state index contributed by atoms with van der Waals surface area (Å²) in [5.74, 6) is 2.19. The van der Waals surface area contributed by atoms with Gasteiger partial charge in [-0.25, -0.2) is 0 Å². The highest BCUT2D eigenvalue weighted by atomic mass is 35.5. The molecule has 1 rings (SSSR count). The molecule has 0 aliphatic carbocycles. The zero-order chi connectivity index (χ0) is 13.5. The van der Waals surface area contributed by atoms with Crippen molar-refractivity contribution in [2.24, 2.45) is 0 Å². The predicted octanol–water partition coefficient (Wildman–Crippen LogP) is 3.83. The highest BCUT2D eigenvalue weighted by Crippen LogP contribution is 2.34. The number of carbonyl (C=O) groups excluding carboxylic acids is 1. The molecule has 1 aromatic carbocycles. The van der Waals surface area contributed by atoms with Gasteiger partial charge in [0.05, 0.1) is 10.0 Å². The van der Waals surface area contributed by atoms with E-state index in [1.807, 2.05) is 0 Å². The lowest BCUT2D eigenvalue weighted by Crippen LogP contribution is -2.11. The average Bonchev–Trinajstić information content (AvgIpc) is 2.31. The van der Waals surface area contributed by atoms with Crippen LogP contribution in [-0.4, -0.2) is 11.0 Å². The summed E-state index contributed by atoms with van der Waals surface area (Å²) in [6, 6.07) is 2.89. The molecular weight excluding hydrogens is 273 g/mol. The predicted molar refractivity (Wildman–Crippen MR) is 74.1 cm³/mol. The first-order valence-electron chi connectivity index (χ1n) is 5.46. The van der Waals surface area contributed by atoms with E-state index in [4.69, 9.17) is 29.6 Å². The van der Waals surface area contributed by atoms with Gasteiger partial charge < -0.3 is 10.4 Å². The standard InChI is InChI=1S/C13H13Cl2NO2/c1-2-3-4-5-6-12(17)16-9-7-10(14)13(18)11(15)8-9/h1,7-8,18H,3-6H2,(H,16,17). The molecule has 3 nitrogen and oxygen atoms in total. The molecule has 0 atom stereocenters. The van der Waals surface area contributed by atoms with Gasteiger partial charge in [-0.15, -0.1) is 12.3 Å². The largest absolute Gasteiger partial charge is 0.505 e. The minimum Gasteiger partial charge on any atom is -0.505 e. The van der Waals surface area contributed by atoms with Gasteiger partial charge in [0.15, 0.2) is 5.75 Å². The Labute approximate surface area is 116 Å². The van der Waals surface area contributed by atoms with E-state index in [1.165, 1.54) is 12.1 Å². The maximum Gasteiger partial charge on any atom is 0.224 e. The molecule has 2 N–H and O–H groups in total. The Hall–Kier alpha value is -1.37. The Morgan fingerprint density at radius 3 is 2.50 bits per heavy atom. The van der Waals surface area contributed by atoms with E-state index in [0.717, 1.165) is 12.8 Å². The molecule has 0 aromatic heterocycles. The Morgan fingerprint density at radius 2 is 1.94 bits per heavy atom. The molecule has 0 saturated carbocycles. The maximum absolute atomic E-state index is 11.6. The maximum atomic E-state index is 11.6. The first-order chi connectivity index (χ1) is 8.54. The van der Waals surface area contributed by atoms with Crippen molar-refractivity contribution in [1.82, 2.24) is 0 Å². The molecule has 18 heavy (non-hydrogen) atoms. The second-order valence-corrected chi connectivity index (χ2v) is 4.56. The van der Waals surface area contributed by atoms with Crippen LogP contribution in [0.4, 0.5) is 5.69 Å². The molecular formula is C13H13Cl2NO2. The molecule has 0 spiro atoms. The molecule has 0 fully saturated rings. The van der Waals surface area contributed by atoms with Gasteiger partial charge in [-0.05, 0) is 25.0 Å². The number of benzene rings is 1. The van der Waals surface area contributed by atoms with E-state index in [2.05, 4.69) is 11.2 Å². The second-order valence-electron chi connectivity index (χ2n) is 3.75.